The summed E-state index contributed by atoms with van der Waals surface area (Å²) in [5, 5.41) is 9.03. The van der Waals surface area contributed by atoms with E-state index >= 15 is 0 Å². The SMILES string of the molecule is Cc1cc(C)n2c(SCC(=O)N3c4ccccc4C[C@@H]3C)nnc2n1. The number of aryl methyl sites for hydroxylation is 2. The van der Waals surface area contributed by atoms with Crippen molar-refractivity contribution in [1.29, 1.82) is 0 Å². The molecule has 4 rings (SSSR count). The Morgan fingerprint density at radius 3 is 2.92 bits per heavy atom. The number of aromatic nitrogens is 4. The summed E-state index contributed by atoms with van der Waals surface area (Å²) in [6.07, 6.45) is 0.906. The molecule has 0 saturated carbocycles. The fraction of sp³-hybridized carbons (Fsp3) is 0.333. The van der Waals surface area contributed by atoms with Crippen LogP contribution in [-0.2, 0) is 11.2 Å². The zero-order chi connectivity index (χ0) is 17.6. The second-order valence-electron chi connectivity index (χ2n) is 6.39. The Bertz CT molecular complexity index is 967. The Morgan fingerprint density at radius 1 is 1.28 bits per heavy atom. The number of hydrogen-bond donors (Lipinski definition) is 0. The Labute approximate surface area is 150 Å². The molecule has 1 aromatic carbocycles. The molecule has 6 nitrogen and oxygen atoms in total. The van der Waals surface area contributed by atoms with Crippen LogP contribution in [0.25, 0.3) is 5.78 Å². The lowest BCUT2D eigenvalue weighted by atomic mass is 10.1. The highest BCUT2D eigenvalue weighted by Gasteiger charge is 2.30. The van der Waals surface area contributed by atoms with E-state index in [1.165, 1.54) is 17.3 Å². The molecule has 1 aliphatic heterocycles. The Balaban J connectivity index is 1.55. The normalized spacial score (nSPS) is 16.4. The predicted molar refractivity (Wildman–Crippen MR) is 98.1 cm³/mol. The number of carbonyl (C=O) groups is 1. The van der Waals surface area contributed by atoms with Gasteiger partial charge in [-0.1, -0.05) is 30.0 Å². The summed E-state index contributed by atoms with van der Waals surface area (Å²) >= 11 is 1.41. The van der Waals surface area contributed by atoms with E-state index < -0.39 is 0 Å². The number of benzene rings is 1. The number of carbonyl (C=O) groups excluding carboxylic acids is 1. The fourth-order valence-corrected chi connectivity index (χ4v) is 4.28. The van der Waals surface area contributed by atoms with Gasteiger partial charge in [-0.3, -0.25) is 9.20 Å². The van der Waals surface area contributed by atoms with Crippen molar-refractivity contribution < 1.29 is 4.79 Å². The third-order valence-corrected chi connectivity index (χ3v) is 5.38. The number of amides is 1. The average Bonchev–Trinajstić information content (AvgIpc) is 3.12. The summed E-state index contributed by atoms with van der Waals surface area (Å²) in [4.78, 5) is 19.1. The third-order valence-electron chi connectivity index (χ3n) is 4.46. The van der Waals surface area contributed by atoms with Crippen LogP contribution in [0, 0.1) is 13.8 Å². The van der Waals surface area contributed by atoms with E-state index in [0.717, 1.165) is 23.5 Å². The van der Waals surface area contributed by atoms with Crippen molar-refractivity contribution in [3.63, 3.8) is 0 Å². The minimum Gasteiger partial charge on any atom is -0.308 e. The van der Waals surface area contributed by atoms with Gasteiger partial charge in [0.2, 0.25) is 5.91 Å². The molecule has 0 bridgehead atoms. The molecule has 128 valence electrons. The second kappa shape index (κ2) is 6.15. The monoisotopic (exact) mass is 353 g/mol. The lowest BCUT2D eigenvalue weighted by Crippen LogP contribution is -2.37. The van der Waals surface area contributed by atoms with E-state index in [-0.39, 0.29) is 11.9 Å². The summed E-state index contributed by atoms with van der Waals surface area (Å²) in [5.74, 6) is 0.997. The van der Waals surface area contributed by atoms with Crippen molar-refractivity contribution in [3.8, 4) is 0 Å². The van der Waals surface area contributed by atoms with Gasteiger partial charge in [0.25, 0.3) is 5.78 Å². The molecule has 0 aliphatic carbocycles. The summed E-state index contributed by atoms with van der Waals surface area (Å²) in [6.45, 7) is 6.02. The Hall–Kier alpha value is -2.41. The van der Waals surface area contributed by atoms with Gasteiger partial charge >= 0.3 is 0 Å². The topological polar surface area (TPSA) is 63.4 Å². The van der Waals surface area contributed by atoms with E-state index in [4.69, 9.17) is 0 Å². The number of fused-ring (bicyclic) bond motifs is 2. The van der Waals surface area contributed by atoms with Gasteiger partial charge in [0.05, 0.1) is 5.75 Å². The summed E-state index contributed by atoms with van der Waals surface area (Å²) < 4.78 is 1.90. The molecular weight excluding hydrogens is 334 g/mol. The van der Waals surface area contributed by atoms with E-state index in [0.29, 0.717) is 16.7 Å². The van der Waals surface area contributed by atoms with Crippen LogP contribution in [0.4, 0.5) is 5.69 Å². The van der Waals surface area contributed by atoms with Crippen LogP contribution in [0.1, 0.15) is 23.9 Å². The van der Waals surface area contributed by atoms with Gasteiger partial charge in [-0.25, -0.2) is 4.98 Å². The number of thioether (sulfide) groups is 1. The average molecular weight is 353 g/mol. The molecule has 1 aliphatic rings. The molecule has 1 atom stereocenters. The first kappa shape index (κ1) is 16.1. The van der Waals surface area contributed by atoms with E-state index in [1.54, 1.807) is 0 Å². The second-order valence-corrected chi connectivity index (χ2v) is 7.33. The van der Waals surface area contributed by atoms with Gasteiger partial charge in [0.1, 0.15) is 0 Å². The highest BCUT2D eigenvalue weighted by Crippen LogP contribution is 2.32. The summed E-state index contributed by atoms with van der Waals surface area (Å²) in [6, 6.07) is 10.3. The molecule has 0 saturated heterocycles. The molecule has 3 heterocycles. The van der Waals surface area contributed by atoms with Gasteiger partial charge < -0.3 is 4.90 Å². The quantitative estimate of drug-likeness (QED) is 0.678. The predicted octanol–water partition coefficient (Wildman–Crippen LogP) is 2.81. The Kier molecular flexibility index (Phi) is 3.95. The smallest absolute Gasteiger partial charge is 0.256 e. The summed E-state index contributed by atoms with van der Waals surface area (Å²) in [7, 11) is 0. The molecule has 1 amide bonds. The molecule has 0 spiro atoms. The van der Waals surface area contributed by atoms with E-state index in [1.807, 2.05) is 47.4 Å². The van der Waals surface area contributed by atoms with Crippen molar-refractivity contribution in [2.24, 2.45) is 0 Å². The third kappa shape index (κ3) is 2.78. The number of para-hydroxylation sites is 1. The van der Waals surface area contributed by atoms with Crippen LogP contribution < -0.4 is 4.90 Å². The van der Waals surface area contributed by atoms with Crippen LogP contribution in [0.5, 0.6) is 0 Å². The fourth-order valence-electron chi connectivity index (χ4n) is 3.44. The van der Waals surface area contributed by atoms with Crippen molar-refractivity contribution in [3.05, 3.63) is 47.3 Å². The van der Waals surface area contributed by atoms with Crippen LogP contribution in [0.15, 0.2) is 35.5 Å². The van der Waals surface area contributed by atoms with Crippen LogP contribution >= 0.6 is 11.8 Å². The van der Waals surface area contributed by atoms with Crippen molar-refractivity contribution in [2.45, 2.75) is 38.4 Å². The molecule has 0 N–H and O–H groups in total. The first-order valence-corrected chi connectivity index (χ1v) is 9.25. The highest BCUT2D eigenvalue weighted by molar-refractivity contribution is 7.99. The van der Waals surface area contributed by atoms with Gasteiger partial charge in [-0.05, 0) is 44.9 Å². The van der Waals surface area contributed by atoms with Crippen molar-refractivity contribution in [2.75, 3.05) is 10.7 Å². The molecule has 25 heavy (non-hydrogen) atoms. The van der Waals surface area contributed by atoms with Crippen molar-refractivity contribution in [1.82, 2.24) is 19.6 Å². The number of rotatable bonds is 3. The van der Waals surface area contributed by atoms with Gasteiger partial charge in [0, 0.05) is 23.1 Å². The minimum atomic E-state index is 0.0944. The Morgan fingerprint density at radius 2 is 2.08 bits per heavy atom. The zero-order valence-corrected chi connectivity index (χ0v) is 15.2. The zero-order valence-electron chi connectivity index (χ0n) is 14.4. The number of hydrogen-bond acceptors (Lipinski definition) is 5. The van der Waals surface area contributed by atoms with E-state index in [2.05, 4.69) is 28.2 Å². The maximum atomic E-state index is 12.8. The first-order valence-electron chi connectivity index (χ1n) is 8.26. The molecule has 0 unspecified atom stereocenters. The standard InChI is InChI=1S/C18H19N5OS/c1-11-8-12(2)23-17(19-11)20-21-18(23)25-10-16(24)22-13(3)9-14-6-4-5-7-15(14)22/h4-8,13H,9-10H2,1-3H3/t13-/m0/s1. The molecule has 0 radical (unpaired) electrons. The first-order chi connectivity index (χ1) is 12.0. The van der Waals surface area contributed by atoms with Crippen LogP contribution in [-0.4, -0.2) is 37.3 Å². The molecule has 7 heteroatoms. The lowest BCUT2D eigenvalue weighted by molar-refractivity contribution is -0.116. The van der Waals surface area contributed by atoms with Gasteiger partial charge in [-0.15, -0.1) is 10.2 Å². The highest BCUT2D eigenvalue weighted by atomic mass is 32.2. The molecular formula is C18H19N5OS. The number of nitrogens with zero attached hydrogens (tertiary/aromatic N) is 5. The number of anilines is 1. The molecule has 3 aromatic rings. The van der Waals surface area contributed by atoms with E-state index in [9.17, 15) is 4.79 Å². The van der Waals surface area contributed by atoms with Crippen LogP contribution in [0.3, 0.4) is 0 Å². The largest absolute Gasteiger partial charge is 0.308 e. The van der Waals surface area contributed by atoms with Gasteiger partial charge in [0.15, 0.2) is 5.16 Å². The van der Waals surface area contributed by atoms with Gasteiger partial charge in [-0.2, -0.15) is 0 Å². The minimum absolute atomic E-state index is 0.0944. The lowest BCUT2D eigenvalue weighted by Gasteiger charge is -2.22. The molecule has 2 aromatic heterocycles. The maximum absolute atomic E-state index is 12.8. The van der Waals surface area contributed by atoms with Crippen LogP contribution in [0.2, 0.25) is 0 Å². The molecule has 0 fully saturated rings. The summed E-state index contributed by atoms with van der Waals surface area (Å²) in [5.41, 5.74) is 4.19. The van der Waals surface area contributed by atoms with Crippen molar-refractivity contribution >= 4 is 29.1 Å². The maximum Gasteiger partial charge on any atom is 0.256 e.